The number of carbonyl (C=O) groups excluding carboxylic acids is 2. The summed E-state index contributed by atoms with van der Waals surface area (Å²) in [6.07, 6.45) is 2.70. The minimum absolute atomic E-state index is 0.373. The predicted molar refractivity (Wildman–Crippen MR) is 80.8 cm³/mol. The molecule has 1 heterocycles. The average Bonchev–Trinajstić information content (AvgIpc) is 2.50. The van der Waals surface area contributed by atoms with Gasteiger partial charge in [-0.2, -0.15) is 0 Å². The van der Waals surface area contributed by atoms with Crippen molar-refractivity contribution in [2.75, 3.05) is 7.11 Å². The molecule has 1 aromatic rings. The maximum atomic E-state index is 12.2. The molecule has 0 aromatic heterocycles. The van der Waals surface area contributed by atoms with Crippen LogP contribution in [0.15, 0.2) is 18.2 Å². The van der Waals surface area contributed by atoms with Gasteiger partial charge in [-0.3, -0.25) is 4.79 Å². The minimum Gasteiger partial charge on any atom is -0.497 e. The fraction of sp³-hybridized carbons (Fsp3) is 0.529. The van der Waals surface area contributed by atoms with Crippen LogP contribution in [0.3, 0.4) is 0 Å². The fourth-order valence-electron chi connectivity index (χ4n) is 2.68. The topological polar surface area (TPSA) is 61.8 Å². The molecule has 0 saturated carbocycles. The molecule has 0 radical (unpaired) electrons. The maximum Gasteiger partial charge on any atom is 0.338 e. The Labute approximate surface area is 130 Å². The summed E-state index contributed by atoms with van der Waals surface area (Å²) in [5, 5.41) is 0. The normalized spacial score (nSPS) is 20.0. The number of benzene rings is 1. The van der Waals surface area contributed by atoms with Gasteiger partial charge in [0.05, 0.1) is 12.7 Å². The Kier molecular flexibility index (Phi) is 5.41. The molecule has 0 amide bonds. The summed E-state index contributed by atoms with van der Waals surface area (Å²) in [4.78, 5) is 23.6. The van der Waals surface area contributed by atoms with Crippen molar-refractivity contribution >= 4 is 11.9 Å². The highest BCUT2D eigenvalue weighted by Crippen LogP contribution is 2.36. The number of methoxy groups -OCH3 is 1. The van der Waals surface area contributed by atoms with Crippen LogP contribution in [0.2, 0.25) is 0 Å². The zero-order valence-corrected chi connectivity index (χ0v) is 13.3. The van der Waals surface area contributed by atoms with Gasteiger partial charge in [-0.05, 0) is 31.0 Å². The zero-order valence-electron chi connectivity index (χ0n) is 13.3. The van der Waals surface area contributed by atoms with E-state index in [0.29, 0.717) is 23.3 Å². The molecule has 0 unspecified atom stereocenters. The molecule has 2 rings (SSSR count). The smallest absolute Gasteiger partial charge is 0.338 e. The number of carbonyl (C=O) groups is 2. The number of unbranched alkanes of at least 4 members (excludes halogenated alkanes) is 2. The Morgan fingerprint density at radius 1 is 1.32 bits per heavy atom. The van der Waals surface area contributed by atoms with Gasteiger partial charge in [0.2, 0.25) is 0 Å². The van der Waals surface area contributed by atoms with Crippen molar-refractivity contribution in [2.24, 2.45) is 0 Å². The van der Waals surface area contributed by atoms with Gasteiger partial charge in [-0.1, -0.05) is 19.8 Å². The van der Waals surface area contributed by atoms with E-state index in [-0.39, 0.29) is 5.97 Å². The van der Waals surface area contributed by atoms with E-state index in [1.807, 2.05) is 0 Å². The van der Waals surface area contributed by atoms with Gasteiger partial charge >= 0.3 is 11.9 Å². The summed E-state index contributed by atoms with van der Waals surface area (Å²) in [5.74, 6) is -0.141. The molecule has 5 nitrogen and oxygen atoms in total. The van der Waals surface area contributed by atoms with E-state index < -0.39 is 18.2 Å². The quantitative estimate of drug-likeness (QED) is 0.595. The van der Waals surface area contributed by atoms with Gasteiger partial charge in [0.1, 0.15) is 11.9 Å². The monoisotopic (exact) mass is 306 g/mol. The zero-order chi connectivity index (χ0) is 16.1. The van der Waals surface area contributed by atoms with E-state index in [2.05, 4.69) is 6.92 Å². The molecule has 1 aliphatic heterocycles. The molecule has 0 fully saturated rings. The van der Waals surface area contributed by atoms with Gasteiger partial charge in [-0.25, -0.2) is 4.79 Å². The van der Waals surface area contributed by atoms with Crippen LogP contribution in [-0.2, 0) is 14.3 Å². The Morgan fingerprint density at radius 3 is 2.73 bits per heavy atom. The summed E-state index contributed by atoms with van der Waals surface area (Å²) in [6.45, 7) is 3.47. The van der Waals surface area contributed by atoms with Crippen LogP contribution in [0.1, 0.15) is 61.6 Å². The van der Waals surface area contributed by atoms with Crippen LogP contribution < -0.4 is 4.74 Å². The van der Waals surface area contributed by atoms with E-state index in [0.717, 1.165) is 19.3 Å². The van der Waals surface area contributed by atoms with Crippen molar-refractivity contribution in [3.8, 4) is 5.75 Å². The van der Waals surface area contributed by atoms with Gasteiger partial charge in [0.25, 0.3) is 0 Å². The lowest BCUT2D eigenvalue weighted by Gasteiger charge is -2.32. The van der Waals surface area contributed by atoms with Crippen molar-refractivity contribution in [1.29, 1.82) is 0 Å². The number of ether oxygens (including phenoxy) is 3. The van der Waals surface area contributed by atoms with Gasteiger partial charge in [0.15, 0.2) is 6.10 Å². The predicted octanol–water partition coefficient (Wildman–Crippen LogP) is 3.42. The summed E-state index contributed by atoms with van der Waals surface area (Å²) in [6, 6.07) is 5.09. The van der Waals surface area contributed by atoms with E-state index in [1.165, 1.54) is 6.92 Å². The molecule has 0 spiro atoms. The molecular weight excluding hydrogens is 284 g/mol. The lowest BCUT2D eigenvalue weighted by Crippen LogP contribution is -2.34. The third-order valence-corrected chi connectivity index (χ3v) is 3.77. The molecule has 1 aliphatic rings. The lowest BCUT2D eigenvalue weighted by atomic mass is 9.92. The summed E-state index contributed by atoms with van der Waals surface area (Å²) in [7, 11) is 1.56. The molecular formula is C17H22O5. The Bertz CT molecular complexity index is 552. The molecule has 1 aromatic carbocycles. The largest absolute Gasteiger partial charge is 0.497 e. The first-order chi connectivity index (χ1) is 10.6. The van der Waals surface area contributed by atoms with Crippen molar-refractivity contribution < 1.29 is 23.8 Å². The Hall–Kier alpha value is -2.04. The second kappa shape index (κ2) is 7.29. The summed E-state index contributed by atoms with van der Waals surface area (Å²) >= 11 is 0. The summed E-state index contributed by atoms with van der Waals surface area (Å²) < 4.78 is 16.1. The van der Waals surface area contributed by atoms with Crippen LogP contribution >= 0.6 is 0 Å². The highest BCUT2D eigenvalue weighted by molar-refractivity contribution is 5.93. The van der Waals surface area contributed by atoms with E-state index in [1.54, 1.807) is 25.3 Å². The van der Waals surface area contributed by atoms with Gasteiger partial charge < -0.3 is 14.2 Å². The number of esters is 2. The molecule has 5 heteroatoms. The van der Waals surface area contributed by atoms with Gasteiger partial charge in [0, 0.05) is 12.5 Å². The van der Waals surface area contributed by atoms with Crippen molar-refractivity contribution in [3.63, 3.8) is 0 Å². The Balaban J connectivity index is 2.33. The lowest BCUT2D eigenvalue weighted by molar-refractivity contribution is -0.154. The van der Waals surface area contributed by atoms with Crippen LogP contribution in [0.5, 0.6) is 5.75 Å². The number of hydrogen-bond acceptors (Lipinski definition) is 5. The first-order valence-corrected chi connectivity index (χ1v) is 7.63. The third kappa shape index (κ3) is 3.59. The second-order valence-corrected chi connectivity index (χ2v) is 5.42. The first kappa shape index (κ1) is 16.3. The maximum absolute atomic E-state index is 12.2. The highest BCUT2D eigenvalue weighted by Gasteiger charge is 2.37. The molecule has 0 saturated heterocycles. The Morgan fingerprint density at radius 2 is 2.09 bits per heavy atom. The van der Waals surface area contributed by atoms with Crippen molar-refractivity contribution in [1.82, 2.24) is 0 Å². The minimum atomic E-state index is -0.572. The van der Waals surface area contributed by atoms with E-state index in [4.69, 9.17) is 14.2 Å². The number of hydrogen-bond donors (Lipinski definition) is 0. The molecule has 2 atom stereocenters. The molecule has 0 N–H and O–H groups in total. The fourth-order valence-corrected chi connectivity index (χ4v) is 2.68. The SMILES string of the molecule is CCCCC[C@@H]1OC(=O)c2ccc(OC)cc2[C@@H]1OC(C)=O. The van der Waals surface area contributed by atoms with Crippen LogP contribution in [0, 0.1) is 0 Å². The van der Waals surface area contributed by atoms with E-state index in [9.17, 15) is 9.59 Å². The first-order valence-electron chi connectivity index (χ1n) is 7.63. The number of fused-ring (bicyclic) bond motifs is 1. The molecule has 22 heavy (non-hydrogen) atoms. The summed E-state index contributed by atoms with van der Waals surface area (Å²) in [5.41, 5.74) is 1.09. The van der Waals surface area contributed by atoms with Crippen molar-refractivity contribution in [3.05, 3.63) is 29.3 Å². The average molecular weight is 306 g/mol. The van der Waals surface area contributed by atoms with Gasteiger partial charge in [-0.15, -0.1) is 0 Å². The van der Waals surface area contributed by atoms with Crippen LogP contribution in [0.25, 0.3) is 0 Å². The standard InChI is InChI=1S/C17H22O5/c1-4-5-6-7-15-16(21-11(2)18)14-10-12(20-3)8-9-13(14)17(19)22-15/h8-10,15-16H,4-7H2,1-3H3/t15-,16-/m0/s1. The third-order valence-electron chi connectivity index (χ3n) is 3.77. The molecule has 0 aliphatic carbocycles. The number of cyclic esters (lactones) is 1. The van der Waals surface area contributed by atoms with Crippen LogP contribution in [0.4, 0.5) is 0 Å². The number of rotatable bonds is 6. The van der Waals surface area contributed by atoms with E-state index >= 15 is 0 Å². The highest BCUT2D eigenvalue weighted by atomic mass is 16.6. The van der Waals surface area contributed by atoms with Crippen LogP contribution in [-0.4, -0.2) is 25.2 Å². The second-order valence-electron chi connectivity index (χ2n) is 5.42. The van der Waals surface area contributed by atoms with Crippen molar-refractivity contribution in [2.45, 2.75) is 51.7 Å². The molecule has 120 valence electrons. The molecule has 0 bridgehead atoms.